The molecule has 5 nitrogen and oxygen atoms in total. The molecule has 0 atom stereocenters. The Hall–Kier alpha value is -1.10. The molecule has 0 rings (SSSR count). The maximum absolute atomic E-state index is 11.9. The predicted octanol–water partition coefficient (Wildman–Crippen LogP) is 1.20. The smallest absolute Gasteiger partial charge is 0.307 e. The summed E-state index contributed by atoms with van der Waals surface area (Å²) in [6.45, 7) is 6.97. The van der Waals surface area contributed by atoms with Crippen LogP contribution in [0.1, 0.15) is 40.0 Å². The summed E-state index contributed by atoms with van der Waals surface area (Å²) < 4.78 is 4.83. The summed E-state index contributed by atoms with van der Waals surface area (Å²) in [5.74, 6) is 0.0308. The third-order valence-corrected chi connectivity index (χ3v) is 2.41. The molecule has 1 amide bonds. The first-order valence-corrected chi connectivity index (χ1v) is 6.55. The molecule has 0 aromatic carbocycles. The molecule has 0 radical (unpaired) electrons. The summed E-state index contributed by atoms with van der Waals surface area (Å²) in [6.07, 6.45) is 1.21. The molecule has 0 heterocycles. The van der Waals surface area contributed by atoms with Crippen LogP contribution in [0.2, 0.25) is 0 Å². The largest absolute Gasteiger partial charge is 0.466 e. The number of carbonyl (C=O) groups is 2. The van der Waals surface area contributed by atoms with Gasteiger partial charge in [-0.3, -0.25) is 9.59 Å². The van der Waals surface area contributed by atoms with Gasteiger partial charge in [-0.15, -0.1) is 0 Å². The zero-order valence-electron chi connectivity index (χ0n) is 11.6. The van der Waals surface area contributed by atoms with Crippen LogP contribution >= 0.6 is 0 Å². The van der Waals surface area contributed by atoms with Crippen molar-refractivity contribution in [2.24, 2.45) is 5.92 Å². The van der Waals surface area contributed by atoms with E-state index in [1.165, 1.54) is 0 Å². The fraction of sp³-hybridized carbons (Fsp3) is 0.846. The van der Waals surface area contributed by atoms with E-state index in [2.05, 4.69) is 0 Å². The van der Waals surface area contributed by atoms with Crippen molar-refractivity contribution in [1.29, 1.82) is 0 Å². The first kappa shape index (κ1) is 16.9. The average Bonchev–Trinajstić information content (AvgIpc) is 2.28. The molecule has 0 saturated heterocycles. The molecule has 0 aliphatic rings. The highest BCUT2D eigenvalue weighted by Gasteiger charge is 2.16. The number of hydrogen-bond acceptors (Lipinski definition) is 4. The number of aliphatic hydroxyl groups excluding tert-OH is 1. The quantitative estimate of drug-likeness (QED) is 0.632. The Bertz CT molecular complexity index is 253. The molecule has 106 valence electrons. The van der Waals surface area contributed by atoms with Gasteiger partial charge in [-0.2, -0.15) is 0 Å². The fourth-order valence-corrected chi connectivity index (χ4v) is 1.56. The van der Waals surface area contributed by atoms with E-state index in [4.69, 9.17) is 9.84 Å². The van der Waals surface area contributed by atoms with Crippen molar-refractivity contribution in [3.63, 3.8) is 0 Å². The Labute approximate surface area is 109 Å². The second kappa shape index (κ2) is 9.88. The van der Waals surface area contributed by atoms with E-state index in [0.29, 0.717) is 32.5 Å². The van der Waals surface area contributed by atoms with Gasteiger partial charge in [-0.1, -0.05) is 13.8 Å². The van der Waals surface area contributed by atoms with Crippen LogP contribution < -0.4 is 0 Å². The Morgan fingerprint density at radius 2 is 1.94 bits per heavy atom. The van der Waals surface area contributed by atoms with Gasteiger partial charge in [0.2, 0.25) is 5.91 Å². The second-order valence-corrected chi connectivity index (χ2v) is 4.61. The summed E-state index contributed by atoms with van der Waals surface area (Å²) in [5.41, 5.74) is 0. The van der Waals surface area contributed by atoms with Crippen LogP contribution in [0.15, 0.2) is 0 Å². The normalized spacial score (nSPS) is 10.5. The maximum atomic E-state index is 11.9. The SMILES string of the molecule is CCOC(=O)CCN(CCCO)C(=O)CC(C)C. The molecule has 0 unspecified atom stereocenters. The predicted molar refractivity (Wildman–Crippen MR) is 69.0 cm³/mol. The molecule has 0 aromatic rings. The van der Waals surface area contributed by atoms with Crippen molar-refractivity contribution >= 4 is 11.9 Å². The highest BCUT2D eigenvalue weighted by Crippen LogP contribution is 2.06. The molecule has 0 aromatic heterocycles. The van der Waals surface area contributed by atoms with E-state index >= 15 is 0 Å². The van der Waals surface area contributed by atoms with Gasteiger partial charge in [-0.05, 0) is 19.3 Å². The highest BCUT2D eigenvalue weighted by atomic mass is 16.5. The zero-order valence-corrected chi connectivity index (χ0v) is 11.6. The van der Waals surface area contributed by atoms with Crippen LogP contribution in [0, 0.1) is 5.92 Å². The Kier molecular flexibility index (Phi) is 9.28. The minimum absolute atomic E-state index is 0.0303. The zero-order chi connectivity index (χ0) is 14.0. The average molecular weight is 259 g/mol. The van der Waals surface area contributed by atoms with Crippen LogP contribution in [0.3, 0.4) is 0 Å². The first-order valence-electron chi connectivity index (χ1n) is 6.55. The fourth-order valence-electron chi connectivity index (χ4n) is 1.56. The van der Waals surface area contributed by atoms with Crippen molar-refractivity contribution in [2.45, 2.75) is 40.0 Å². The molecule has 0 saturated carbocycles. The molecular weight excluding hydrogens is 234 g/mol. The van der Waals surface area contributed by atoms with Gasteiger partial charge in [0.25, 0.3) is 0 Å². The minimum Gasteiger partial charge on any atom is -0.466 e. The summed E-state index contributed by atoms with van der Waals surface area (Å²) in [4.78, 5) is 24.8. The lowest BCUT2D eigenvalue weighted by Crippen LogP contribution is -2.35. The molecule has 0 spiro atoms. The van der Waals surface area contributed by atoms with Crippen LogP contribution in [0.25, 0.3) is 0 Å². The molecule has 5 heteroatoms. The number of aliphatic hydroxyl groups is 1. The number of carbonyl (C=O) groups excluding carboxylic acids is 2. The van der Waals surface area contributed by atoms with Gasteiger partial charge < -0.3 is 14.7 Å². The third kappa shape index (κ3) is 8.06. The molecule has 1 N–H and O–H groups in total. The summed E-state index contributed by atoms with van der Waals surface area (Å²) >= 11 is 0. The van der Waals surface area contributed by atoms with Gasteiger partial charge in [0, 0.05) is 26.1 Å². The van der Waals surface area contributed by atoms with Gasteiger partial charge in [0.05, 0.1) is 13.0 Å². The Morgan fingerprint density at radius 1 is 1.28 bits per heavy atom. The van der Waals surface area contributed by atoms with Gasteiger partial charge in [0.15, 0.2) is 0 Å². The van der Waals surface area contributed by atoms with E-state index in [0.717, 1.165) is 0 Å². The highest BCUT2D eigenvalue weighted by molar-refractivity contribution is 5.77. The molecule has 0 fully saturated rings. The summed E-state index contributed by atoms with van der Waals surface area (Å²) in [5, 5.41) is 8.81. The van der Waals surface area contributed by atoms with E-state index in [9.17, 15) is 9.59 Å². The van der Waals surface area contributed by atoms with Crippen LogP contribution in [0.4, 0.5) is 0 Å². The second-order valence-electron chi connectivity index (χ2n) is 4.61. The maximum Gasteiger partial charge on any atom is 0.307 e. The van der Waals surface area contributed by atoms with Gasteiger partial charge >= 0.3 is 5.97 Å². The van der Waals surface area contributed by atoms with Crippen molar-refractivity contribution < 1.29 is 19.4 Å². The van der Waals surface area contributed by atoms with Crippen LogP contribution in [-0.2, 0) is 14.3 Å². The monoisotopic (exact) mass is 259 g/mol. The van der Waals surface area contributed by atoms with Crippen LogP contribution in [0.5, 0.6) is 0 Å². The van der Waals surface area contributed by atoms with E-state index in [1.54, 1.807) is 11.8 Å². The van der Waals surface area contributed by atoms with Crippen molar-refractivity contribution in [3.8, 4) is 0 Å². The lowest BCUT2D eigenvalue weighted by Gasteiger charge is -2.23. The molecule has 0 aliphatic heterocycles. The molecule has 18 heavy (non-hydrogen) atoms. The number of ether oxygens (including phenoxy) is 1. The number of esters is 1. The van der Waals surface area contributed by atoms with E-state index < -0.39 is 0 Å². The number of rotatable bonds is 9. The van der Waals surface area contributed by atoms with E-state index in [1.807, 2.05) is 13.8 Å². The lowest BCUT2D eigenvalue weighted by molar-refractivity contribution is -0.144. The number of nitrogens with zero attached hydrogens (tertiary/aromatic N) is 1. The Morgan fingerprint density at radius 3 is 2.44 bits per heavy atom. The van der Waals surface area contributed by atoms with Crippen molar-refractivity contribution in [2.75, 3.05) is 26.3 Å². The number of amides is 1. The first-order chi connectivity index (χ1) is 8.51. The molecule has 0 aliphatic carbocycles. The topological polar surface area (TPSA) is 66.8 Å². The van der Waals surface area contributed by atoms with Crippen molar-refractivity contribution in [1.82, 2.24) is 4.90 Å². The van der Waals surface area contributed by atoms with Crippen LogP contribution in [-0.4, -0.2) is 48.2 Å². The lowest BCUT2D eigenvalue weighted by atomic mass is 10.1. The molecular formula is C13H25NO4. The number of hydrogen-bond donors (Lipinski definition) is 1. The summed E-state index contributed by atoms with van der Waals surface area (Å²) in [6, 6.07) is 0. The third-order valence-electron chi connectivity index (χ3n) is 2.41. The van der Waals surface area contributed by atoms with Gasteiger partial charge in [0.1, 0.15) is 0 Å². The van der Waals surface area contributed by atoms with E-state index in [-0.39, 0.29) is 30.8 Å². The minimum atomic E-state index is -0.288. The Balaban J connectivity index is 4.21. The van der Waals surface area contributed by atoms with Gasteiger partial charge in [-0.25, -0.2) is 0 Å². The summed E-state index contributed by atoms with van der Waals surface area (Å²) in [7, 11) is 0. The van der Waals surface area contributed by atoms with Crippen molar-refractivity contribution in [3.05, 3.63) is 0 Å². The molecule has 0 bridgehead atoms. The standard InChI is InChI=1S/C13H25NO4/c1-4-18-13(17)6-8-14(7-5-9-15)12(16)10-11(2)3/h11,15H,4-10H2,1-3H3.